The monoisotopic (exact) mass is 342 g/mol. The van der Waals surface area contributed by atoms with E-state index in [2.05, 4.69) is 6.92 Å². The second kappa shape index (κ2) is 10.7. The SMILES string of the molecule is CCCCCCCCCCCCc1cccc(O)c1S(=O)(=O)O. The Morgan fingerprint density at radius 1 is 0.870 bits per heavy atom. The van der Waals surface area contributed by atoms with Crippen molar-refractivity contribution in [3.63, 3.8) is 0 Å². The van der Waals surface area contributed by atoms with E-state index in [1.807, 2.05) is 0 Å². The molecule has 0 aromatic heterocycles. The van der Waals surface area contributed by atoms with E-state index in [1.54, 1.807) is 12.1 Å². The summed E-state index contributed by atoms with van der Waals surface area (Å²) in [5, 5.41) is 9.65. The minimum absolute atomic E-state index is 0.337. The Morgan fingerprint density at radius 3 is 1.91 bits per heavy atom. The maximum atomic E-state index is 11.4. The Labute approximate surface area is 140 Å². The van der Waals surface area contributed by atoms with E-state index < -0.39 is 10.1 Å². The van der Waals surface area contributed by atoms with Gasteiger partial charge < -0.3 is 5.11 Å². The quantitative estimate of drug-likeness (QED) is 0.409. The van der Waals surface area contributed by atoms with E-state index in [-0.39, 0.29) is 10.6 Å². The van der Waals surface area contributed by atoms with Crippen LogP contribution in [0.15, 0.2) is 23.1 Å². The lowest BCUT2D eigenvalue weighted by molar-refractivity contribution is 0.440. The van der Waals surface area contributed by atoms with Gasteiger partial charge in [-0.2, -0.15) is 8.42 Å². The van der Waals surface area contributed by atoms with Gasteiger partial charge in [-0.15, -0.1) is 0 Å². The number of rotatable bonds is 12. The molecule has 1 aromatic rings. The van der Waals surface area contributed by atoms with E-state index in [0.717, 1.165) is 19.3 Å². The number of phenolic OH excluding ortho intramolecular Hbond substituents is 1. The number of hydrogen-bond acceptors (Lipinski definition) is 3. The third-order valence-electron chi connectivity index (χ3n) is 4.13. The van der Waals surface area contributed by atoms with E-state index >= 15 is 0 Å². The first kappa shape index (κ1) is 20.0. The highest BCUT2D eigenvalue weighted by atomic mass is 32.2. The van der Waals surface area contributed by atoms with Crippen molar-refractivity contribution in [1.82, 2.24) is 0 Å². The van der Waals surface area contributed by atoms with Crippen LogP contribution in [0.25, 0.3) is 0 Å². The Kier molecular flexibility index (Phi) is 9.26. The van der Waals surface area contributed by atoms with Crippen molar-refractivity contribution in [3.8, 4) is 5.75 Å². The maximum Gasteiger partial charge on any atom is 0.298 e. The molecule has 4 nitrogen and oxygen atoms in total. The van der Waals surface area contributed by atoms with Crippen LogP contribution in [0.1, 0.15) is 76.7 Å². The minimum Gasteiger partial charge on any atom is -0.506 e. The predicted molar refractivity (Wildman–Crippen MR) is 93.5 cm³/mol. The molecule has 0 unspecified atom stereocenters. The molecular formula is C18H30O4S. The lowest BCUT2D eigenvalue weighted by Gasteiger charge is -2.09. The van der Waals surface area contributed by atoms with Crippen molar-refractivity contribution >= 4 is 10.1 Å². The smallest absolute Gasteiger partial charge is 0.298 e. The van der Waals surface area contributed by atoms with Crippen molar-refractivity contribution in [1.29, 1.82) is 0 Å². The number of phenols is 1. The highest BCUT2D eigenvalue weighted by Crippen LogP contribution is 2.27. The van der Waals surface area contributed by atoms with Gasteiger partial charge in [-0.1, -0.05) is 76.8 Å². The molecule has 132 valence electrons. The molecular weight excluding hydrogens is 312 g/mol. The summed E-state index contributed by atoms with van der Waals surface area (Å²) in [6, 6.07) is 4.54. The summed E-state index contributed by atoms with van der Waals surface area (Å²) < 4.78 is 31.9. The van der Waals surface area contributed by atoms with Crippen molar-refractivity contribution in [2.75, 3.05) is 0 Å². The number of hydrogen-bond donors (Lipinski definition) is 2. The lowest BCUT2D eigenvalue weighted by atomic mass is 10.0. The lowest BCUT2D eigenvalue weighted by Crippen LogP contribution is -2.03. The van der Waals surface area contributed by atoms with E-state index in [4.69, 9.17) is 0 Å². The first-order chi connectivity index (χ1) is 11.0. The summed E-state index contributed by atoms with van der Waals surface area (Å²) in [6.45, 7) is 2.22. The molecule has 23 heavy (non-hydrogen) atoms. The van der Waals surface area contributed by atoms with E-state index in [1.165, 1.54) is 51.0 Å². The summed E-state index contributed by atoms with van der Waals surface area (Å²) in [5.41, 5.74) is 0.493. The van der Waals surface area contributed by atoms with Crippen LogP contribution < -0.4 is 0 Å². The summed E-state index contributed by atoms with van der Waals surface area (Å²) in [7, 11) is -4.38. The van der Waals surface area contributed by atoms with Crippen LogP contribution in [0.4, 0.5) is 0 Å². The average Bonchev–Trinajstić information content (AvgIpc) is 2.48. The number of benzene rings is 1. The van der Waals surface area contributed by atoms with Crippen LogP contribution in [0, 0.1) is 0 Å². The molecule has 0 amide bonds. The molecule has 0 saturated heterocycles. The zero-order valence-corrected chi connectivity index (χ0v) is 14.9. The van der Waals surface area contributed by atoms with Gasteiger partial charge in [0.2, 0.25) is 0 Å². The first-order valence-corrected chi connectivity index (χ1v) is 10.2. The number of aromatic hydroxyl groups is 1. The van der Waals surface area contributed by atoms with E-state index in [9.17, 15) is 18.1 Å². The highest BCUT2D eigenvalue weighted by Gasteiger charge is 2.19. The molecule has 5 heteroatoms. The molecule has 0 bridgehead atoms. The summed E-state index contributed by atoms with van der Waals surface area (Å²) in [5.74, 6) is -0.378. The molecule has 1 aromatic carbocycles. The number of unbranched alkanes of at least 4 members (excludes halogenated alkanes) is 9. The van der Waals surface area contributed by atoms with Crippen LogP contribution in [0.5, 0.6) is 5.75 Å². The van der Waals surface area contributed by atoms with Crippen molar-refractivity contribution < 1.29 is 18.1 Å². The van der Waals surface area contributed by atoms with Gasteiger partial charge >= 0.3 is 0 Å². The van der Waals surface area contributed by atoms with Gasteiger partial charge in [-0.3, -0.25) is 4.55 Å². The van der Waals surface area contributed by atoms with Crippen molar-refractivity contribution in [3.05, 3.63) is 23.8 Å². The second-order valence-electron chi connectivity index (χ2n) is 6.17. The van der Waals surface area contributed by atoms with Gasteiger partial charge in [0.25, 0.3) is 10.1 Å². The summed E-state index contributed by atoms with van der Waals surface area (Å²) in [6.07, 6.45) is 12.7. The van der Waals surface area contributed by atoms with Crippen LogP contribution in [-0.4, -0.2) is 18.1 Å². The Morgan fingerprint density at radius 2 is 1.39 bits per heavy atom. The van der Waals surface area contributed by atoms with Gasteiger partial charge in [0.15, 0.2) is 0 Å². The molecule has 0 heterocycles. The molecule has 0 radical (unpaired) electrons. The zero-order chi connectivity index (χ0) is 17.1. The largest absolute Gasteiger partial charge is 0.506 e. The molecule has 0 aliphatic rings. The average molecular weight is 343 g/mol. The molecule has 0 spiro atoms. The Hall–Kier alpha value is -1.07. The van der Waals surface area contributed by atoms with Crippen molar-refractivity contribution in [2.24, 2.45) is 0 Å². The third kappa shape index (κ3) is 7.84. The fourth-order valence-electron chi connectivity index (χ4n) is 2.87. The van der Waals surface area contributed by atoms with Crippen LogP contribution >= 0.6 is 0 Å². The van der Waals surface area contributed by atoms with Gasteiger partial charge in [-0.25, -0.2) is 0 Å². The predicted octanol–water partition coefficient (Wildman–Crippen LogP) is 5.10. The fraction of sp³-hybridized carbons (Fsp3) is 0.667. The Balaban J connectivity index is 2.26. The first-order valence-electron chi connectivity index (χ1n) is 8.75. The van der Waals surface area contributed by atoms with Crippen molar-refractivity contribution in [2.45, 2.75) is 82.4 Å². The molecule has 0 fully saturated rings. The molecule has 0 aliphatic carbocycles. The molecule has 0 aliphatic heterocycles. The summed E-state index contributed by atoms with van der Waals surface area (Å²) >= 11 is 0. The van der Waals surface area contributed by atoms with Gasteiger partial charge in [-0.05, 0) is 24.5 Å². The second-order valence-corrected chi connectivity index (χ2v) is 7.53. The molecule has 1 rings (SSSR count). The molecule has 0 atom stereocenters. The van der Waals surface area contributed by atoms with Crippen LogP contribution in [-0.2, 0) is 16.5 Å². The topological polar surface area (TPSA) is 74.6 Å². The standard InChI is InChI=1S/C18H30O4S/c1-2-3-4-5-6-7-8-9-10-11-13-16-14-12-15-17(19)18(16)23(20,21)22/h12,14-15,19H,2-11,13H2,1H3,(H,20,21,22). The normalized spacial score (nSPS) is 11.7. The minimum atomic E-state index is -4.38. The van der Waals surface area contributed by atoms with Gasteiger partial charge in [0.05, 0.1) is 0 Å². The molecule has 2 N–H and O–H groups in total. The van der Waals surface area contributed by atoms with Gasteiger partial charge in [0, 0.05) is 0 Å². The highest BCUT2D eigenvalue weighted by molar-refractivity contribution is 7.86. The molecule has 0 saturated carbocycles. The third-order valence-corrected chi connectivity index (χ3v) is 5.12. The Bertz CT molecular complexity index is 552. The fourth-order valence-corrected chi connectivity index (χ4v) is 3.70. The van der Waals surface area contributed by atoms with Crippen LogP contribution in [0.2, 0.25) is 0 Å². The van der Waals surface area contributed by atoms with E-state index in [0.29, 0.717) is 12.0 Å². The maximum absolute atomic E-state index is 11.4. The number of aryl methyl sites for hydroxylation is 1. The van der Waals surface area contributed by atoms with Gasteiger partial charge in [0.1, 0.15) is 10.6 Å². The zero-order valence-electron chi connectivity index (χ0n) is 14.1. The van der Waals surface area contributed by atoms with Crippen LogP contribution in [0.3, 0.4) is 0 Å². The summed E-state index contributed by atoms with van der Waals surface area (Å²) in [4.78, 5) is -0.337.